The second kappa shape index (κ2) is 7.78. The van der Waals surface area contributed by atoms with Crippen molar-refractivity contribution in [3.05, 3.63) is 48.0 Å². The number of rotatable bonds is 6. The first-order chi connectivity index (χ1) is 11.8. The molecule has 0 aliphatic heterocycles. The van der Waals surface area contributed by atoms with Crippen LogP contribution < -0.4 is 19.5 Å². The van der Waals surface area contributed by atoms with Crippen LogP contribution in [0.25, 0.3) is 0 Å². The average Bonchev–Trinajstić information content (AvgIpc) is 2.56. The van der Waals surface area contributed by atoms with Gasteiger partial charge in [-0.1, -0.05) is 0 Å². The standard InChI is InChI=1S/C17H16F3NO4/c1-3-24-14-9-4-11(10-15(14)23-2)16(22)21-12-5-7-13(8-6-12)25-17(18,19)20/h4-10H,3H2,1-2H3,(H,21,22). The molecule has 0 saturated heterocycles. The summed E-state index contributed by atoms with van der Waals surface area (Å²) in [5.74, 6) is 0.109. The predicted octanol–water partition coefficient (Wildman–Crippen LogP) is 4.24. The maximum atomic E-state index is 12.2. The summed E-state index contributed by atoms with van der Waals surface area (Å²) in [5, 5.41) is 2.58. The molecule has 0 saturated carbocycles. The molecule has 0 aliphatic rings. The van der Waals surface area contributed by atoms with Crippen molar-refractivity contribution in [3.8, 4) is 17.2 Å². The van der Waals surface area contributed by atoms with E-state index in [1.165, 1.54) is 25.3 Å². The Balaban J connectivity index is 2.09. The number of alkyl halides is 3. The van der Waals surface area contributed by atoms with Gasteiger partial charge in [-0.15, -0.1) is 13.2 Å². The van der Waals surface area contributed by atoms with Crippen molar-refractivity contribution in [2.24, 2.45) is 0 Å². The van der Waals surface area contributed by atoms with Gasteiger partial charge in [-0.2, -0.15) is 0 Å². The molecule has 2 rings (SSSR count). The van der Waals surface area contributed by atoms with Crippen LogP contribution in [0.15, 0.2) is 42.5 Å². The fourth-order valence-electron chi connectivity index (χ4n) is 2.03. The Morgan fingerprint density at radius 2 is 1.76 bits per heavy atom. The van der Waals surface area contributed by atoms with Gasteiger partial charge in [0.25, 0.3) is 5.91 Å². The van der Waals surface area contributed by atoms with Gasteiger partial charge in [0.1, 0.15) is 5.75 Å². The Labute approximate surface area is 142 Å². The van der Waals surface area contributed by atoms with Gasteiger partial charge in [0.2, 0.25) is 0 Å². The molecule has 0 unspecified atom stereocenters. The van der Waals surface area contributed by atoms with E-state index >= 15 is 0 Å². The minimum absolute atomic E-state index is 0.316. The van der Waals surface area contributed by atoms with Crippen LogP contribution in [0.1, 0.15) is 17.3 Å². The molecule has 8 heteroatoms. The lowest BCUT2D eigenvalue weighted by atomic mass is 10.2. The summed E-state index contributed by atoms with van der Waals surface area (Å²) in [6, 6.07) is 9.53. The second-order valence-electron chi connectivity index (χ2n) is 4.82. The van der Waals surface area contributed by atoms with Crippen molar-refractivity contribution in [1.29, 1.82) is 0 Å². The zero-order chi connectivity index (χ0) is 18.4. The molecule has 134 valence electrons. The van der Waals surface area contributed by atoms with E-state index in [-0.39, 0.29) is 5.75 Å². The van der Waals surface area contributed by atoms with Gasteiger partial charge in [0, 0.05) is 11.3 Å². The van der Waals surface area contributed by atoms with Crippen molar-refractivity contribution in [1.82, 2.24) is 0 Å². The molecule has 5 nitrogen and oxygen atoms in total. The van der Waals surface area contributed by atoms with E-state index in [4.69, 9.17) is 9.47 Å². The monoisotopic (exact) mass is 355 g/mol. The number of hydrogen-bond donors (Lipinski definition) is 1. The number of benzene rings is 2. The Bertz CT molecular complexity index is 730. The number of nitrogens with one attached hydrogen (secondary N) is 1. The number of halogens is 3. The number of anilines is 1. The number of carbonyl (C=O) groups excluding carboxylic acids is 1. The van der Waals surface area contributed by atoms with E-state index < -0.39 is 12.3 Å². The lowest BCUT2D eigenvalue weighted by Gasteiger charge is -2.12. The van der Waals surface area contributed by atoms with Crippen LogP contribution in [0.5, 0.6) is 17.2 Å². The largest absolute Gasteiger partial charge is 0.573 e. The zero-order valence-electron chi connectivity index (χ0n) is 13.5. The maximum Gasteiger partial charge on any atom is 0.573 e. The second-order valence-corrected chi connectivity index (χ2v) is 4.82. The van der Waals surface area contributed by atoms with Gasteiger partial charge in [-0.05, 0) is 49.4 Å². The predicted molar refractivity (Wildman–Crippen MR) is 85.2 cm³/mol. The van der Waals surface area contributed by atoms with Crippen LogP contribution in [0.4, 0.5) is 18.9 Å². The Hall–Kier alpha value is -2.90. The van der Waals surface area contributed by atoms with E-state index in [0.717, 1.165) is 12.1 Å². The molecular formula is C17H16F3NO4. The topological polar surface area (TPSA) is 56.8 Å². The average molecular weight is 355 g/mol. The number of amides is 1. The third kappa shape index (κ3) is 5.30. The molecule has 2 aromatic carbocycles. The smallest absolute Gasteiger partial charge is 0.493 e. The molecule has 1 N–H and O–H groups in total. The van der Waals surface area contributed by atoms with Gasteiger partial charge >= 0.3 is 6.36 Å². The summed E-state index contributed by atoms with van der Waals surface area (Å²) in [6.45, 7) is 2.28. The third-order valence-electron chi connectivity index (χ3n) is 3.07. The molecule has 0 aliphatic carbocycles. The molecule has 0 radical (unpaired) electrons. The van der Waals surface area contributed by atoms with Gasteiger partial charge in [0.05, 0.1) is 13.7 Å². The normalized spacial score (nSPS) is 10.9. The lowest BCUT2D eigenvalue weighted by Crippen LogP contribution is -2.17. The van der Waals surface area contributed by atoms with Crippen LogP contribution in [-0.4, -0.2) is 26.0 Å². The summed E-state index contributed by atoms with van der Waals surface area (Å²) in [5.41, 5.74) is 0.642. The Kier molecular flexibility index (Phi) is 5.74. The number of methoxy groups -OCH3 is 1. The molecule has 0 bridgehead atoms. The first-order valence-corrected chi connectivity index (χ1v) is 7.30. The minimum atomic E-state index is -4.76. The first-order valence-electron chi connectivity index (χ1n) is 7.30. The highest BCUT2D eigenvalue weighted by Crippen LogP contribution is 2.29. The van der Waals surface area contributed by atoms with Crippen LogP contribution in [0.2, 0.25) is 0 Å². The third-order valence-corrected chi connectivity index (χ3v) is 3.07. The van der Waals surface area contributed by atoms with Crippen LogP contribution >= 0.6 is 0 Å². The number of carbonyl (C=O) groups is 1. The van der Waals surface area contributed by atoms with Crippen LogP contribution in [0.3, 0.4) is 0 Å². The van der Waals surface area contributed by atoms with Crippen molar-refractivity contribution >= 4 is 11.6 Å². The van der Waals surface area contributed by atoms with Crippen molar-refractivity contribution in [2.45, 2.75) is 13.3 Å². The Morgan fingerprint density at radius 1 is 1.08 bits per heavy atom. The molecule has 0 heterocycles. The summed E-state index contributed by atoms with van der Waals surface area (Å²) >= 11 is 0. The molecule has 2 aromatic rings. The van der Waals surface area contributed by atoms with Gasteiger partial charge in [0.15, 0.2) is 11.5 Å². The molecule has 0 atom stereocenters. The minimum Gasteiger partial charge on any atom is -0.493 e. The summed E-state index contributed by atoms with van der Waals surface area (Å²) in [7, 11) is 1.46. The highest BCUT2D eigenvalue weighted by atomic mass is 19.4. The van der Waals surface area contributed by atoms with Crippen molar-refractivity contribution in [2.75, 3.05) is 19.0 Å². The molecule has 0 spiro atoms. The summed E-state index contributed by atoms with van der Waals surface area (Å²) in [6.07, 6.45) is -4.76. The molecule has 25 heavy (non-hydrogen) atoms. The van der Waals surface area contributed by atoms with Crippen molar-refractivity contribution in [3.63, 3.8) is 0 Å². The lowest BCUT2D eigenvalue weighted by molar-refractivity contribution is -0.274. The summed E-state index contributed by atoms with van der Waals surface area (Å²) in [4.78, 5) is 12.2. The SMILES string of the molecule is CCOc1ccc(C(=O)Nc2ccc(OC(F)(F)F)cc2)cc1OC. The Morgan fingerprint density at radius 3 is 2.32 bits per heavy atom. The van der Waals surface area contributed by atoms with E-state index in [1.807, 2.05) is 6.92 Å². The number of hydrogen-bond acceptors (Lipinski definition) is 4. The van der Waals surface area contributed by atoms with E-state index in [9.17, 15) is 18.0 Å². The van der Waals surface area contributed by atoms with Crippen LogP contribution in [0, 0.1) is 0 Å². The molecule has 0 fully saturated rings. The number of ether oxygens (including phenoxy) is 3. The first kappa shape index (κ1) is 18.4. The van der Waals surface area contributed by atoms with E-state index in [0.29, 0.717) is 29.4 Å². The molecule has 1 amide bonds. The van der Waals surface area contributed by atoms with E-state index in [1.54, 1.807) is 12.1 Å². The fraction of sp³-hybridized carbons (Fsp3) is 0.235. The van der Waals surface area contributed by atoms with Crippen molar-refractivity contribution < 1.29 is 32.2 Å². The highest BCUT2D eigenvalue weighted by Gasteiger charge is 2.30. The zero-order valence-corrected chi connectivity index (χ0v) is 13.5. The molecular weight excluding hydrogens is 339 g/mol. The molecule has 0 aromatic heterocycles. The maximum absolute atomic E-state index is 12.2. The van der Waals surface area contributed by atoms with Crippen LogP contribution in [-0.2, 0) is 0 Å². The van der Waals surface area contributed by atoms with Gasteiger partial charge in [-0.3, -0.25) is 4.79 Å². The van der Waals surface area contributed by atoms with Gasteiger partial charge in [-0.25, -0.2) is 0 Å². The quantitative estimate of drug-likeness (QED) is 0.842. The summed E-state index contributed by atoms with van der Waals surface area (Å²) < 4.78 is 50.7. The fourth-order valence-corrected chi connectivity index (χ4v) is 2.03. The van der Waals surface area contributed by atoms with Gasteiger partial charge < -0.3 is 19.5 Å². The highest BCUT2D eigenvalue weighted by molar-refractivity contribution is 6.04. The van der Waals surface area contributed by atoms with E-state index in [2.05, 4.69) is 10.1 Å².